The number of aliphatic imine (C=N–C) groups is 1. The molecule has 1 aliphatic rings. The fraction of sp³-hybridized carbons (Fsp3) is 0.241. The molecule has 0 atom stereocenters. The van der Waals surface area contributed by atoms with E-state index in [1.807, 2.05) is 43.0 Å². The van der Waals surface area contributed by atoms with Crippen molar-refractivity contribution in [2.75, 3.05) is 17.2 Å². The van der Waals surface area contributed by atoms with E-state index in [-0.39, 0.29) is 24.0 Å². The third-order valence-corrected chi connectivity index (χ3v) is 7.32. The number of aromatic nitrogens is 3. The summed E-state index contributed by atoms with van der Waals surface area (Å²) in [7, 11) is 0. The van der Waals surface area contributed by atoms with Crippen LogP contribution in [-0.4, -0.2) is 44.6 Å². The van der Waals surface area contributed by atoms with E-state index >= 15 is 0 Å². The third kappa shape index (κ3) is 7.08. The Kier molecular flexibility index (Phi) is 8.48. The molecule has 0 spiro atoms. The summed E-state index contributed by atoms with van der Waals surface area (Å²) in [6, 6.07) is 16.8. The topological polar surface area (TPSA) is 84.6 Å². The van der Waals surface area contributed by atoms with Gasteiger partial charge < -0.3 is 15.0 Å². The number of halogens is 4. The van der Waals surface area contributed by atoms with Crippen molar-refractivity contribution in [1.29, 1.82) is 0 Å². The molecular formula is C29H26F4N6O2S. The molecule has 0 saturated carbocycles. The number of benzene rings is 3. The molecule has 5 rings (SSSR count). The number of carbonyl (C=O) groups is 1. The summed E-state index contributed by atoms with van der Waals surface area (Å²) in [6.07, 6.45) is -3.30. The molecular weight excluding hydrogens is 572 g/mol. The van der Waals surface area contributed by atoms with Gasteiger partial charge in [-0.05, 0) is 59.5 Å². The molecule has 2 heterocycles. The zero-order valence-electron chi connectivity index (χ0n) is 22.6. The second-order valence-electron chi connectivity index (χ2n) is 9.66. The Bertz CT molecular complexity index is 1590. The summed E-state index contributed by atoms with van der Waals surface area (Å²) in [5.41, 5.74) is 3.78. The van der Waals surface area contributed by atoms with Crippen LogP contribution in [0.15, 0.2) is 78.0 Å². The minimum absolute atomic E-state index is 0.108. The largest absolute Gasteiger partial charge is 0.573 e. The van der Waals surface area contributed by atoms with Crippen molar-refractivity contribution >= 4 is 28.6 Å². The van der Waals surface area contributed by atoms with Crippen LogP contribution in [0.1, 0.15) is 30.9 Å². The lowest BCUT2D eigenvalue weighted by Gasteiger charge is -2.23. The van der Waals surface area contributed by atoms with Crippen LogP contribution in [0, 0.1) is 5.82 Å². The molecule has 8 nitrogen and oxygen atoms in total. The standard InChI is InChI=1S/C29H26F4N6O2S/c1-18(2)24-15-21(30)7-12-25(24)38-13-14-42-28(38)36-27(40)34-16-19-3-5-20(6-4-19)26-35-17-39(37-26)22-8-10-23(11-9-22)41-29(31,32)33/h3-12,15,17-18H,13-14,16H2,1-2H3,(H,34,40). The van der Waals surface area contributed by atoms with E-state index in [9.17, 15) is 22.4 Å². The van der Waals surface area contributed by atoms with Crippen LogP contribution in [0.2, 0.25) is 0 Å². The van der Waals surface area contributed by atoms with Crippen molar-refractivity contribution in [2.45, 2.75) is 32.7 Å². The molecule has 0 radical (unpaired) electrons. The summed E-state index contributed by atoms with van der Waals surface area (Å²) in [6.45, 7) is 4.92. The summed E-state index contributed by atoms with van der Waals surface area (Å²) in [5.74, 6) is 0.676. The van der Waals surface area contributed by atoms with E-state index < -0.39 is 12.4 Å². The third-order valence-electron chi connectivity index (χ3n) is 6.36. The zero-order valence-corrected chi connectivity index (χ0v) is 23.4. The van der Waals surface area contributed by atoms with Gasteiger partial charge in [-0.3, -0.25) is 0 Å². The van der Waals surface area contributed by atoms with Crippen LogP contribution in [0.25, 0.3) is 17.1 Å². The Hall–Kier alpha value is -4.39. The summed E-state index contributed by atoms with van der Waals surface area (Å²) in [4.78, 5) is 23.2. The van der Waals surface area contributed by atoms with Gasteiger partial charge >= 0.3 is 12.4 Å². The highest BCUT2D eigenvalue weighted by Crippen LogP contribution is 2.33. The number of anilines is 1. The van der Waals surface area contributed by atoms with Crippen LogP contribution >= 0.6 is 11.8 Å². The molecule has 4 aromatic rings. The van der Waals surface area contributed by atoms with E-state index in [1.54, 1.807) is 6.07 Å². The first-order valence-corrected chi connectivity index (χ1v) is 14.0. The van der Waals surface area contributed by atoms with Crippen LogP contribution in [0.4, 0.5) is 28.0 Å². The van der Waals surface area contributed by atoms with Crippen LogP contribution in [0.5, 0.6) is 5.75 Å². The van der Waals surface area contributed by atoms with Gasteiger partial charge in [0.25, 0.3) is 0 Å². The van der Waals surface area contributed by atoms with Crippen LogP contribution < -0.4 is 15.0 Å². The van der Waals surface area contributed by atoms with E-state index in [1.165, 1.54) is 59.2 Å². The van der Waals surface area contributed by atoms with Gasteiger partial charge in [-0.25, -0.2) is 18.9 Å². The Labute approximate surface area is 243 Å². The molecule has 13 heteroatoms. The van der Waals surface area contributed by atoms with E-state index in [2.05, 4.69) is 25.1 Å². The molecule has 1 aromatic heterocycles. The van der Waals surface area contributed by atoms with Gasteiger partial charge in [0.2, 0.25) is 0 Å². The summed E-state index contributed by atoms with van der Waals surface area (Å²) >= 11 is 1.48. The minimum Gasteiger partial charge on any atom is -0.406 e. The first kappa shape index (κ1) is 29.1. The molecule has 1 fully saturated rings. The van der Waals surface area contributed by atoms with E-state index in [0.717, 1.165) is 28.1 Å². The molecule has 218 valence electrons. The number of amidine groups is 1. The van der Waals surface area contributed by atoms with Gasteiger partial charge in [-0.1, -0.05) is 49.9 Å². The molecule has 3 aromatic carbocycles. The van der Waals surface area contributed by atoms with Crippen molar-refractivity contribution < 1.29 is 27.1 Å². The Morgan fingerprint density at radius 3 is 2.52 bits per heavy atom. The number of carbonyl (C=O) groups excluding carboxylic acids is 1. The number of thioether (sulfide) groups is 1. The predicted octanol–water partition coefficient (Wildman–Crippen LogP) is 6.91. The molecule has 1 saturated heterocycles. The van der Waals surface area contributed by atoms with Crippen molar-refractivity contribution in [3.05, 3.63) is 90.0 Å². The number of urea groups is 1. The number of nitrogens with one attached hydrogen (secondary N) is 1. The molecule has 0 bridgehead atoms. The maximum absolute atomic E-state index is 13.9. The molecule has 1 aliphatic heterocycles. The Morgan fingerprint density at radius 2 is 1.83 bits per heavy atom. The second kappa shape index (κ2) is 12.2. The Balaban J connectivity index is 1.20. The van der Waals surface area contributed by atoms with E-state index in [0.29, 0.717) is 23.2 Å². The number of amides is 2. The number of hydrogen-bond acceptors (Lipinski definition) is 5. The fourth-order valence-corrected chi connectivity index (χ4v) is 5.30. The van der Waals surface area contributed by atoms with Crippen molar-refractivity contribution in [3.8, 4) is 22.8 Å². The van der Waals surface area contributed by atoms with E-state index in [4.69, 9.17) is 0 Å². The molecule has 2 amide bonds. The summed E-state index contributed by atoms with van der Waals surface area (Å²) < 4.78 is 56.3. The van der Waals surface area contributed by atoms with Crippen LogP contribution in [0.3, 0.4) is 0 Å². The van der Waals surface area contributed by atoms with Gasteiger partial charge in [0.05, 0.1) is 5.69 Å². The lowest BCUT2D eigenvalue weighted by molar-refractivity contribution is -0.274. The summed E-state index contributed by atoms with van der Waals surface area (Å²) in [5, 5.41) is 7.77. The van der Waals surface area contributed by atoms with Crippen LogP contribution in [-0.2, 0) is 6.54 Å². The molecule has 0 aliphatic carbocycles. The smallest absolute Gasteiger partial charge is 0.406 e. The number of nitrogens with zero attached hydrogens (tertiary/aromatic N) is 5. The second-order valence-corrected chi connectivity index (χ2v) is 10.7. The lowest BCUT2D eigenvalue weighted by Crippen LogP contribution is -2.28. The van der Waals surface area contributed by atoms with Gasteiger partial charge in [-0.2, -0.15) is 4.99 Å². The van der Waals surface area contributed by atoms with Crippen molar-refractivity contribution in [1.82, 2.24) is 20.1 Å². The predicted molar refractivity (Wildman–Crippen MR) is 153 cm³/mol. The maximum Gasteiger partial charge on any atom is 0.573 e. The highest BCUT2D eigenvalue weighted by molar-refractivity contribution is 8.14. The molecule has 0 unspecified atom stereocenters. The monoisotopic (exact) mass is 598 g/mol. The van der Waals surface area contributed by atoms with Crippen molar-refractivity contribution in [2.24, 2.45) is 4.99 Å². The maximum atomic E-state index is 13.9. The fourth-order valence-electron chi connectivity index (χ4n) is 4.35. The molecule has 1 N–H and O–H groups in total. The SMILES string of the molecule is CC(C)c1cc(F)ccc1N1CCSC1=NC(=O)NCc1ccc(-c2ncn(-c3ccc(OC(F)(F)F)cc3)n2)cc1. The Morgan fingerprint density at radius 1 is 1.10 bits per heavy atom. The average Bonchev–Trinajstić information content (AvgIpc) is 3.62. The number of alkyl halides is 3. The normalized spacial score (nSPS) is 14.5. The average molecular weight is 599 g/mol. The first-order chi connectivity index (χ1) is 20.1. The minimum atomic E-state index is -4.76. The van der Waals surface area contributed by atoms with Gasteiger partial charge in [0, 0.05) is 30.1 Å². The van der Waals surface area contributed by atoms with Gasteiger partial charge in [0.15, 0.2) is 11.0 Å². The highest BCUT2D eigenvalue weighted by Gasteiger charge is 2.31. The lowest BCUT2D eigenvalue weighted by atomic mass is 10.0. The molecule has 42 heavy (non-hydrogen) atoms. The zero-order chi connectivity index (χ0) is 29.9. The first-order valence-electron chi connectivity index (χ1n) is 13.0. The number of hydrogen-bond donors (Lipinski definition) is 1. The number of rotatable bonds is 7. The quantitative estimate of drug-likeness (QED) is 0.233. The number of ether oxygens (including phenoxy) is 1. The van der Waals surface area contributed by atoms with Gasteiger partial charge in [-0.15, -0.1) is 18.3 Å². The van der Waals surface area contributed by atoms with Crippen molar-refractivity contribution in [3.63, 3.8) is 0 Å². The highest BCUT2D eigenvalue weighted by atomic mass is 32.2. The van der Waals surface area contributed by atoms with Gasteiger partial charge in [0.1, 0.15) is 17.9 Å².